The van der Waals surface area contributed by atoms with Crippen molar-refractivity contribution in [3.8, 4) is 0 Å². The zero-order valence-corrected chi connectivity index (χ0v) is 16.0. The van der Waals surface area contributed by atoms with E-state index < -0.39 is 0 Å². The molecule has 140 valence electrons. The Balaban J connectivity index is 1.33. The minimum Gasteiger partial charge on any atom is -0.341 e. The molecule has 1 aromatic carbocycles. The molecule has 2 fully saturated rings. The molecule has 1 N–H and O–H groups in total. The van der Waals surface area contributed by atoms with Gasteiger partial charge in [0.25, 0.3) is 0 Å². The molecule has 4 rings (SSSR count). The summed E-state index contributed by atoms with van der Waals surface area (Å²) in [4.78, 5) is 29.2. The third kappa shape index (κ3) is 3.91. The predicted octanol–water partition coefficient (Wildman–Crippen LogP) is 1.44. The van der Waals surface area contributed by atoms with Crippen molar-refractivity contribution < 1.29 is 9.59 Å². The smallest absolute Gasteiger partial charge is 0.240 e. The second-order valence-corrected chi connectivity index (χ2v) is 8.50. The van der Waals surface area contributed by atoms with E-state index in [2.05, 4.69) is 23.5 Å². The van der Waals surface area contributed by atoms with Crippen molar-refractivity contribution in [2.75, 3.05) is 37.8 Å². The summed E-state index contributed by atoms with van der Waals surface area (Å²) in [6.45, 7) is 2.80. The fourth-order valence-electron chi connectivity index (χ4n) is 4.18. The highest BCUT2D eigenvalue weighted by Crippen LogP contribution is 2.23. The predicted molar refractivity (Wildman–Crippen MR) is 104 cm³/mol. The largest absolute Gasteiger partial charge is 0.341 e. The van der Waals surface area contributed by atoms with Gasteiger partial charge in [0.1, 0.15) is 0 Å². The maximum atomic E-state index is 12.8. The van der Waals surface area contributed by atoms with Crippen LogP contribution in [0.4, 0.5) is 0 Å². The molecule has 0 spiro atoms. The highest BCUT2D eigenvalue weighted by Gasteiger charge is 2.29. The van der Waals surface area contributed by atoms with Crippen LogP contribution >= 0.6 is 11.8 Å². The van der Waals surface area contributed by atoms with Crippen molar-refractivity contribution in [2.24, 2.45) is 0 Å². The standard InChI is InChI=1S/C20H27N3O2S/c24-19(12-15-5-6-16-3-1-4-17(16)11-15)22-7-2-8-23(10-9-22)20(25)18-13-26-14-21-18/h5-6,11,18,21H,1-4,7-10,12-14H2. The zero-order chi connectivity index (χ0) is 17.9. The van der Waals surface area contributed by atoms with Gasteiger partial charge in [-0.05, 0) is 42.4 Å². The number of amides is 2. The van der Waals surface area contributed by atoms with Crippen LogP contribution in [0.15, 0.2) is 18.2 Å². The van der Waals surface area contributed by atoms with E-state index in [0.29, 0.717) is 19.5 Å². The summed E-state index contributed by atoms with van der Waals surface area (Å²) in [6, 6.07) is 6.48. The van der Waals surface area contributed by atoms with Crippen LogP contribution in [0.25, 0.3) is 0 Å². The van der Waals surface area contributed by atoms with Gasteiger partial charge >= 0.3 is 0 Å². The van der Waals surface area contributed by atoms with Crippen molar-refractivity contribution in [3.05, 3.63) is 34.9 Å². The summed E-state index contributed by atoms with van der Waals surface area (Å²) >= 11 is 1.77. The van der Waals surface area contributed by atoms with E-state index in [4.69, 9.17) is 0 Å². The molecule has 0 saturated carbocycles. The number of nitrogens with one attached hydrogen (secondary N) is 1. The summed E-state index contributed by atoms with van der Waals surface area (Å²) in [5.41, 5.74) is 3.99. The van der Waals surface area contributed by atoms with Crippen LogP contribution in [0, 0.1) is 0 Å². The molecule has 2 amide bonds. The lowest BCUT2D eigenvalue weighted by molar-refractivity contribution is -0.134. The first-order valence-electron chi connectivity index (χ1n) is 9.69. The van der Waals surface area contributed by atoms with Gasteiger partial charge in [-0.1, -0.05) is 18.2 Å². The van der Waals surface area contributed by atoms with E-state index in [1.54, 1.807) is 11.8 Å². The number of carbonyl (C=O) groups is 2. The molecule has 1 aliphatic carbocycles. The van der Waals surface area contributed by atoms with Gasteiger partial charge in [0, 0.05) is 37.8 Å². The molecule has 0 aromatic heterocycles. The summed E-state index contributed by atoms with van der Waals surface area (Å²) in [7, 11) is 0. The minimum atomic E-state index is -0.0475. The number of nitrogens with zero attached hydrogens (tertiary/aromatic N) is 2. The molecular formula is C20H27N3O2S. The number of hydrogen-bond donors (Lipinski definition) is 1. The average Bonchev–Trinajstić information content (AvgIpc) is 3.28. The summed E-state index contributed by atoms with van der Waals surface area (Å²) in [6.07, 6.45) is 4.89. The lowest BCUT2D eigenvalue weighted by Gasteiger charge is -2.24. The highest BCUT2D eigenvalue weighted by atomic mass is 32.2. The minimum absolute atomic E-state index is 0.0475. The summed E-state index contributed by atoms with van der Waals surface area (Å²) < 4.78 is 0. The van der Waals surface area contributed by atoms with Gasteiger partial charge in [-0.3, -0.25) is 14.9 Å². The molecule has 6 heteroatoms. The maximum absolute atomic E-state index is 12.8. The Morgan fingerprint density at radius 3 is 2.69 bits per heavy atom. The second-order valence-electron chi connectivity index (χ2n) is 7.46. The number of rotatable bonds is 3. The maximum Gasteiger partial charge on any atom is 0.240 e. The molecule has 1 unspecified atom stereocenters. The van der Waals surface area contributed by atoms with Crippen LogP contribution in [-0.4, -0.2) is 65.5 Å². The van der Waals surface area contributed by atoms with Gasteiger partial charge in [0.05, 0.1) is 12.5 Å². The number of benzene rings is 1. The van der Waals surface area contributed by atoms with E-state index in [9.17, 15) is 9.59 Å². The Hall–Kier alpha value is -1.53. The Morgan fingerprint density at radius 1 is 1.04 bits per heavy atom. The fraction of sp³-hybridized carbons (Fsp3) is 0.600. The Kier molecular flexibility index (Phi) is 5.50. The molecule has 2 heterocycles. The van der Waals surface area contributed by atoms with Crippen LogP contribution in [0.2, 0.25) is 0 Å². The van der Waals surface area contributed by atoms with Crippen LogP contribution in [0.3, 0.4) is 0 Å². The summed E-state index contributed by atoms with van der Waals surface area (Å²) in [5.74, 6) is 2.10. The van der Waals surface area contributed by atoms with E-state index in [1.165, 1.54) is 24.0 Å². The Morgan fingerprint density at radius 2 is 1.85 bits per heavy atom. The second kappa shape index (κ2) is 8.01. The van der Waals surface area contributed by atoms with Gasteiger partial charge in [-0.15, -0.1) is 11.8 Å². The molecular weight excluding hydrogens is 346 g/mol. The molecule has 5 nitrogen and oxygen atoms in total. The normalized spacial score (nSPS) is 23.0. The molecule has 1 atom stereocenters. The lowest BCUT2D eigenvalue weighted by atomic mass is 10.0. The highest BCUT2D eigenvalue weighted by molar-refractivity contribution is 7.99. The fourth-order valence-corrected chi connectivity index (χ4v) is 5.12. The SMILES string of the molecule is O=C(Cc1ccc2c(c1)CCC2)N1CCCN(C(=O)C2CSCN2)CC1. The van der Waals surface area contributed by atoms with E-state index in [1.807, 2.05) is 9.80 Å². The first kappa shape index (κ1) is 17.9. The topological polar surface area (TPSA) is 52.7 Å². The molecule has 2 aliphatic heterocycles. The van der Waals surface area contributed by atoms with Crippen LogP contribution < -0.4 is 5.32 Å². The van der Waals surface area contributed by atoms with Gasteiger partial charge in [0.2, 0.25) is 11.8 Å². The quantitative estimate of drug-likeness (QED) is 0.871. The van der Waals surface area contributed by atoms with Crippen molar-refractivity contribution in [3.63, 3.8) is 0 Å². The van der Waals surface area contributed by atoms with Crippen molar-refractivity contribution >= 4 is 23.6 Å². The van der Waals surface area contributed by atoms with Gasteiger partial charge < -0.3 is 9.80 Å². The molecule has 3 aliphatic rings. The third-order valence-electron chi connectivity index (χ3n) is 5.69. The van der Waals surface area contributed by atoms with E-state index in [0.717, 1.165) is 43.1 Å². The van der Waals surface area contributed by atoms with Crippen LogP contribution in [-0.2, 0) is 28.9 Å². The monoisotopic (exact) mass is 373 g/mol. The molecule has 26 heavy (non-hydrogen) atoms. The van der Waals surface area contributed by atoms with Crippen molar-refractivity contribution in [1.82, 2.24) is 15.1 Å². The number of aryl methyl sites for hydroxylation is 2. The first-order chi connectivity index (χ1) is 12.7. The number of hydrogen-bond acceptors (Lipinski definition) is 4. The molecule has 1 aromatic rings. The number of carbonyl (C=O) groups excluding carboxylic acids is 2. The molecule has 2 saturated heterocycles. The third-order valence-corrected chi connectivity index (χ3v) is 6.63. The van der Waals surface area contributed by atoms with Crippen LogP contribution in [0.5, 0.6) is 0 Å². The lowest BCUT2D eigenvalue weighted by Crippen LogP contribution is -2.46. The average molecular weight is 374 g/mol. The molecule has 0 bridgehead atoms. The Labute approximate surface area is 159 Å². The zero-order valence-electron chi connectivity index (χ0n) is 15.2. The number of fused-ring (bicyclic) bond motifs is 1. The van der Waals surface area contributed by atoms with Crippen molar-refractivity contribution in [1.29, 1.82) is 0 Å². The Bertz CT molecular complexity index is 688. The summed E-state index contributed by atoms with van der Waals surface area (Å²) in [5, 5.41) is 3.25. The van der Waals surface area contributed by atoms with Crippen LogP contribution in [0.1, 0.15) is 29.5 Å². The first-order valence-corrected chi connectivity index (χ1v) is 10.8. The van der Waals surface area contributed by atoms with Crippen molar-refractivity contribution in [2.45, 2.75) is 38.1 Å². The van der Waals surface area contributed by atoms with Gasteiger partial charge in [-0.2, -0.15) is 0 Å². The van der Waals surface area contributed by atoms with E-state index in [-0.39, 0.29) is 17.9 Å². The van der Waals surface area contributed by atoms with Gasteiger partial charge in [0.15, 0.2) is 0 Å². The van der Waals surface area contributed by atoms with Gasteiger partial charge in [-0.25, -0.2) is 0 Å². The van der Waals surface area contributed by atoms with E-state index >= 15 is 0 Å². The number of thioether (sulfide) groups is 1. The molecule has 0 radical (unpaired) electrons.